The highest BCUT2D eigenvalue weighted by atomic mass is 15.2. The summed E-state index contributed by atoms with van der Waals surface area (Å²) in [5.74, 6) is 0.879. The molecule has 0 aliphatic heterocycles. The van der Waals surface area contributed by atoms with Gasteiger partial charge < -0.3 is 10.6 Å². The van der Waals surface area contributed by atoms with Gasteiger partial charge in [-0.3, -0.25) is 0 Å². The largest absolute Gasteiger partial charge is 0.328 e. The van der Waals surface area contributed by atoms with Crippen LogP contribution in [0.15, 0.2) is 0 Å². The average molecular weight is 224 g/mol. The van der Waals surface area contributed by atoms with E-state index in [1.807, 2.05) is 0 Å². The fraction of sp³-hybridized carbons (Fsp3) is 1.00. The third kappa shape index (κ3) is 3.21. The molecule has 0 radical (unpaired) electrons. The number of hydrogen-bond acceptors (Lipinski definition) is 2. The van der Waals surface area contributed by atoms with Crippen molar-refractivity contribution in [1.82, 2.24) is 4.90 Å². The molecule has 0 spiro atoms. The molecule has 2 aliphatic rings. The predicted octanol–water partition coefficient (Wildman–Crippen LogP) is 2.77. The van der Waals surface area contributed by atoms with Gasteiger partial charge in [0, 0.05) is 18.6 Å². The first-order valence-electron chi connectivity index (χ1n) is 7.29. The highest BCUT2D eigenvalue weighted by Gasteiger charge is 2.26. The Morgan fingerprint density at radius 3 is 2.44 bits per heavy atom. The SMILES string of the molecule is CCN(CC1CCCC(N)C1)C1CCCC1. The minimum absolute atomic E-state index is 0.487. The summed E-state index contributed by atoms with van der Waals surface area (Å²) in [7, 11) is 0. The minimum Gasteiger partial charge on any atom is -0.328 e. The van der Waals surface area contributed by atoms with E-state index in [0.717, 1.165) is 12.0 Å². The standard InChI is InChI=1S/C14H28N2/c1-2-16(14-8-3-4-9-14)11-12-6-5-7-13(15)10-12/h12-14H,2-11,15H2,1H3. The summed E-state index contributed by atoms with van der Waals surface area (Å²) in [5, 5.41) is 0. The van der Waals surface area contributed by atoms with E-state index in [1.54, 1.807) is 0 Å². The number of nitrogens with zero attached hydrogens (tertiary/aromatic N) is 1. The summed E-state index contributed by atoms with van der Waals surface area (Å²) < 4.78 is 0. The lowest BCUT2D eigenvalue weighted by molar-refractivity contribution is 0.152. The number of nitrogens with two attached hydrogens (primary N) is 1. The summed E-state index contributed by atoms with van der Waals surface area (Å²) in [5.41, 5.74) is 6.08. The Bertz CT molecular complexity index is 199. The Kier molecular flexibility index (Phi) is 4.66. The van der Waals surface area contributed by atoms with Gasteiger partial charge in [0.25, 0.3) is 0 Å². The van der Waals surface area contributed by atoms with Crippen molar-refractivity contribution in [3.8, 4) is 0 Å². The van der Waals surface area contributed by atoms with Gasteiger partial charge in [-0.05, 0) is 44.6 Å². The van der Waals surface area contributed by atoms with Crippen LogP contribution < -0.4 is 5.73 Å². The van der Waals surface area contributed by atoms with Crippen LogP contribution in [-0.2, 0) is 0 Å². The van der Waals surface area contributed by atoms with Crippen molar-refractivity contribution in [3.05, 3.63) is 0 Å². The number of rotatable bonds is 4. The van der Waals surface area contributed by atoms with Crippen molar-refractivity contribution in [2.45, 2.75) is 70.4 Å². The molecule has 0 aromatic carbocycles. The van der Waals surface area contributed by atoms with Crippen LogP contribution in [0.25, 0.3) is 0 Å². The quantitative estimate of drug-likeness (QED) is 0.795. The molecule has 0 saturated heterocycles. The van der Waals surface area contributed by atoms with Crippen molar-refractivity contribution in [2.24, 2.45) is 11.7 Å². The van der Waals surface area contributed by atoms with Crippen LogP contribution in [0.2, 0.25) is 0 Å². The highest BCUT2D eigenvalue weighted by Crippen LogP contribution is 2.28. The maximum Gasteiger partial charge on any atom is 0.00952 e. The Labute approximate surface area is 101 Å². The molecule has 2 N–H and O–H groups in total. The molecule has 2 rings (SSSR count). The van der Waals surface area contributed by atoms with Gasteiger partial charge >= 0.3 is 0 Å². The monoisotopic (exact) mass is 224 g/mol. The van der Waals surface area contributed by atoms with Gasteiger partial charge in [-0.1, -0.05) is 26.2 Å². The van der Waals surface area contributed by atoms with E-state index in [-0.39, 0.29) is 0 Å². The molecular formula is C14H28N2. The third-order valence-corrected chi connectivity index (χ3v) is 4.56. The second kappa shape index (κ2) is 6.02. The Morgan fingerprint density at radius 1 is 1.06 bits per heavy atom. The molecule has 16 heavy (non-hydrogen) atoms. The van der Waals surface area contributed by atoms with E-state index in [1.165, 1.54) is 64.5 Å². The maximum absolute atomic E-state index is 6.08. The van der Waals surface area contributed by atoms with Crippen LogP contribution in [0.5, 0.6) is 0 Å². The van der Waals surface area contributed by atoms with Crippen molar-refractivity contribution < 1.29 is 0 Å². The van der Waals surface area contributed by atoms with Gasteiger partial charge in [-0.2, -0.15) is 0 Å². The molecule has 2 heteroatoms. The fourth-order valence-corrected chi connectivity index (χ4v) is 3.64. The van der Waals surface area contributed by atoms with E-state index in [4.69, 9.17) is 5.73 Å². The van der Waals surface area contributed by atoms with Gasteiger partial charge in [0.05, 0.1) is 0 Å². The van der Waals surface area contributed by atoms with E-state index in [9.17, 15) is 0 Å². The normalized spacial score (nSPS) is 32.4. The van der Waals surface area contributed by atoms with Crippen molar-refractivity contribution in [2.75, 3.05) is 13.1 Å². The smallest absolute Gasteiger partial charge is 0.00952 e. The molecule has 0 aromatic heterocycles. The lowest BCUT2D eigenvalue weighted by atomic mass is 9.85. The lowest BCUT2D eigenvalue weighted by Gasteiger charge is -2.34. The molecule has 2 aliphatic carbocycles. The van der Waals surface area contributed by atoms with Crippen molar-refractivity contribution in [1.29, 1.82) is 0 Å². The van der Waals surface area contributed by atoms with Crippen molar-refractivity contribution >= 4 is 0 Å². The van der Waals surface area contributed by atoms with E-state index in [0.29, 0.717) is 6.04 Å². The van der Waals surface area contributed by atoms with E-state index in [2.05, 4.69) is 11.8 Å². The third-order valence-electron chi connectivity index (χ3n) is 4.56. The first kappa shape index (κ1) is 12.4. The Hall–Kier alpha value is -0.0800. The van der Waals surface area contributed by atoms with Crippen molar-refractivity contribution in [3.63, 3.8) is 0 Å². The molecule has 2 fully saturated rings. The van der Waals surface area contributed by atoms with Crippen LogP contribution in [0.1, 0.15) is 58.3 Å². The Morgan fingerprint density at radius 2 is 1.81 bits per heavy atom. The second-order valence-corrected chi connectivity index (χ2v) is 5.82. The summed E-state index contributed by atoms with van der Waals surface area (Å²) in [4.78, 5) is 2.73. The van der Waals surface area contributed by atoms with Crippen LogP contribution in [0.4, 0.5) is 0 Å². The first-order chi connectivity index (χ1) is 7.79. The minimum atomic E-state index is 0.487. The zero-order valence-electron chi connectivity index (χ0n) is 10.8. The molecular weight excluding hydrogens is 196 g/mol. The molecule has 2 saturated carbocycles. The van der Waals surface area contributed by atoms with Gasteiger partial charge in [0.2, 0.25) is 0 Å². The highest BCUT2D eigenvalue weighted by molar-refractivity contribution is 4.82. The Balaban J connectivity index is 1.80. The molecule has 2 nitrogen and oxygen atoms in total. The summed E-state index contributed by atoms with van der Waals surface area (Å²) in [6, 6.07) is 1.38. The summed E-state index contributed by atoms with van der Waals surface area (Å²) in [6.07, 6.45) is 11.1. The van der Waals surface area contributed by atoms with Gasteiger partial charge in [-0.25, -0.2) is 0 Å². The molecule has 0 amide bonds. The fourth-order valence-electron chi connectivity index (χ4n) is 3.64. The average Bonchev–Trinajstić information content (AvgIpc) is 2.79. The maximum atomic E-state index is 6.08. The van der Waals surface area contributed by atoms with Gasteiger partial charge in [0.1, 0.15) is 0 Å². The van der Waals surface area contributed by atoms with E-state index >= 15 is 0 Å². The molecule has 0 bridgehead atoms. The van der Waals surface area contributed by atoms with Crippen LogP contribution in [0, 0.1) is 5.92 Å². The second-order valence-electron chi connectivity index (χ2n) is 5.82. The van der Waals surface area contributed by atoms with Crippen LogP contribution in [0.3, 0.4) is 0 Å². The first-order valence-corrected chi connectivity index (χ1v) is 7.29. The summed E-state index contributed by atoms with van der Waals surface area (Å²) in [6.45, 7) is 4.87. The molecule has 0 heterocycles. The molecule has 94 valence electrons. The van der Waals surface area contributed by atoms with Crippen LogP contribution >= 0.6 is 0 Å². The zero-order chi connectivity index (χ0) is 11.4. The van der Waals surface area contributed by atoms with Gasteiger partial charge in [0.15, 0.2) is 0 Å². The predicted molar refractivity (Wildman–Crippen MR) is 69.4 cm³/mol. The van der Waals surface area contributed by atoms with E-state index < -0.39 is 0 Å². The lowest BCUT2D eigenvalue weighted by Crippen LogP contribution is -2.40. The molecule has 2 atom stereocenters. The molecule has 0 aromatic rings. The van der Waals surface area contributed by atoms with Gasteiger partial charge in [-0.15, -0.1) is 0 Å². The topological polar surface area (TPSA) is 29.3 Å². The zero-order valence-corrected chi connectivity index (χ0v) is 10.8. The summed E-state index contributed by atoms with van der Waals surface area (Å²) >= 11 is 0. The number of hydrogen-bond donors (Lipinski definition) is 1. The molecule has 2 unspecified atom stereocenters. The van der Waals surface area contributed by atoms with Crippen LogP contribution in [-0.4, -0.2) is 30.1 Å².